The van der Waals surface area contributed by atoms with Gasteiger partial charge in [-0.05, 0) is 13.0 Å². The van der Waals surface area contributed by atoms with Crippen LogP contribution in [0.5, 0.6) is 0 Å². The molecule has 0 aromatic heterocycles. The Morgan fingerprint density at radius 3 is 2.73 bits per heavy atom. The van der Waals surface area contributed by atoms with Gasteiger partial charge >= 0.3 is 6.09 Å². The van der Waals surface area contributed by atoms with Crippen LogP contribution in [-0.4, -0.2) is 61.3 Å². The van der Waals surface area contributed by atoms with E-state index in [9.17, 15) is 4.79 Å². The Bertz CT molecular complexity index is 227. The fourth-order valence-electron chi connectivity index (χ4n) is 1.96. The van der Waals surface area contributed by atoms with Crippen molar-refractivity contribution in [1.82, 2.24) is 9.80 Å². The van der Waals surface area contributed by atoms with Crippen molar-refractivity contribution in [3.63, 3.8) is 0 Å². The first kappa shape index (κ1) is 12.5. The Balaban J connectivity index is 0.00000112. The molecule has 2 aliphatic heterocycles. The molecular formula is C9H18ClN3O2. The van der Waals surface area contributed by atoms with Crippen LogP contribution in [0.2, 0.25) is 0 Å². The fraction of sp³-hybridized carbons (Fsp3) is 0.889. The third kappa shape index (κ3) is 3.22. The normalized spacial score (nSPS) is 26.6. The maximum absolute atomic E-state index is 11.1. The highest BCUT2D eigenvalue weighted by Gasteiger charge is 2.24. The molecular weight excluding hydrogens is 218 g/mol. The van der Waals surface area contributed by atoms with Crippen molar-refractivity contribution in [2.24, 2.45) is 5.73 Å². The minimum atomic E-state index is -0.173. The maximum Gasteiger partial charge on any atom is 0.409 e. The van der Waals surface area contributed by atoms with Crippen molar-refractivity contribution in [1.29, 1.82) is 0 Å². The van der Waals surface area contributed by atoms with Crippen molar-refractivity contribution in [2.45, 2.75) is 12.5 Å². The smallest absolute Gasteiger partial charge is 0.409 e. The molecule has 0 radical (unpaired) electrons. The monoisotopic (exact) mass is 235 g/mol. The van der Waals surface area contributed by atoms with Gasteiger partial charge in [0.1, 0.15) is 6.61 Å². The highest BCUT2D eigenvalue weighted by molar-refractivity contribution is 5.85. The van der Waals surface area contributed by atoms with Crippen LogP contribution in [0.1, 0.15) is 6.42 Å². The molecule has 0 aromatic carbocycles. The minimum Gasteiger partial charge on any atom is -0.448 e. The fourth-order valence-corrected chi connectivity index (χ4v) is 1.96. The molecule has 2 N–H and O–H groups in total. The second-order valence-corrected chi connectivity index (χ2v) is 3.95. The predicted octanol–water partition coefficient (Wildman–Crippen LogP) is -0.107. The molecule has 0 saturated carbocycles. The molecule has 2 aliphatic rings. The van der Waals surface area contributed by atoms with Gasteiger partial charge in [-0.3, -0.25) is 4.90 Å². The Hall–Kier alpha value is -0.520. The van der Waals surface area contributed by atoms with E-state index in [-0.39, 0.29) is 18.5 Å². The Morgan fingerprint density at radius 2 is 2.20 bits per heavy atom. The van der Waals surface area contributed by atoms with Gasteiger partial charge in [0, 0.05) is 25.7 Å². The summed E-state index contributed by atoms with van der Waals surface area (Å²) in [6, 6.07) is 0.320. The number of nitrogens with two attached hydrogens (primary N) is 1. The molecule has 1 atom stereocenters. The Kier molecular flexibility index (Phi) is 4.63. The van der Waals surface area contributed by atoms with Crippen molar-refractivity contribution in [3.05, 3.63) is 0 Å². The van der Waals surface area contributed by atoms with E-state index in [1.165, 1.54) is 0 Å². The topological polar surface area (TPSA) is 58.8 Å². The summed E-state index contributed by atoms with van der Waals surface area (Å²) in [5.74, 6) is 0. The lowest BCUT2D eigenvalue weighted by atomic mass is 10.3. The second-order valence-electron chi connectivity index (χ2n) is 3.95. The van der Waals surface area contributed by atoms with E-state index in [1.807, 2.05) is 0 Å². The van der Waals surface area contributed by atoms with Crippen LogP contribution < -0.4 is 5.73 Å². The van der Waals surface area contributed by atoms with Crippen molar-refractivity contribution >= 4 is 18.5 Å². The van der Waals surface area contributed by atoms with Crippen LogP contribution >= 0.6 is 12.4 Å². The molecule has 15 heavy (non-hydrogen) atoms. The number of likely N-dealkylation sites (tertiary alicyclic amines) is 1. The SMILES string of the molecule is Cl.NC1CCN(CCN2CCOC2=O)C1. The Morgan fingerprint density at radius 1 is 1.40 bits per heavy atom. The van der Waals surface area contributed by atoms with Crippen LogP contribution in [0.3, 0.4) is 0 Å². The van der Waals surface area contributed by atoms with Gasteiger partial charge in [0.15, 0.2) is 0 Å². The molecule has 2 saturated heterocycles. The third-order valence-corrected chi connectivity index (χ3v) is 2.84. The van der Waals surface area contributed by atoms with Gasteiger partial charge in [0.2, 0.25) is 0 Å². The van der Waals surface area contributed by atoms with E-state index < -0.39 is 0 Å². The molecule has 2 rings (SSSR count). The third-order valence-electron chi connectivity index (χ3n) is 2.84. The second kappa shape index (κ2) is 5.53. The lowest BCUT2D eigenvalue weighted by Gasteiger charge is -2.19. The number of cyclic esters (lactones) is 1. The van der Waals surface area contributed by atoms with Crippen LogP contribution in [0, 0.1) is 0 Å². The summed E-state index contributed by atoms with van der Waals surface area (Å²) < 4.78 is 4.85. The zero-order valence-electron chi connectivity index (χ0n) is 8.72. The van der Waals surface area contributed by atoms with Gasteiger partial charge in [0.25, 0.3) is 0 Å². The summed E-state index contributed by atoms with van der Waals surface area (Å²) in [7, 11) is 0. The van der Waals surface area contributed by atoms with E-state index in [4.69, 9.17) is 10.5 Å². The number of nitrogens with zero attached hydrogens (tertiary/aromatic N) is 2. The summed E-state index contributed by atoms with van der Waals surface area (Å²) >= 11 is 0. The highest BCUT2D eigenvalue weighted by Crippen LogP contribution is 2.08. The molecule has 0 aliphatic carbocycles. The number of halogens is 1. The largest absolute Gasteiger partial charge is 0.448 e. The quantitative estimate of drug-likeness (QED) is 0.742. The minimum absolute atomic E-state index is 0. The number of rotatable bonds is 3. The molecule has 1 amide bonds. The summed E-state index contributed by atoms with van der Waals surface area (Å²) in [5, 5.41) is 0. The van der Waals surface area contributed by atoms with Crippen molar-refractivity contribution in [3.8, 4) is 0 Å². The first-order valence-electron chi connectivity index (χ1n) is 5.15. The van der Waals surface area contributed by atoms with Crippen LogP contribution in [0.25, 0.3) is 0 Å². The zero-order chi connectivity index (χ0) is 9.97. The van der Waals surface area contributed by atoms with Crippen molar-refractivity contribution in [2.75, 3.05) is 39.3 Å². The molecule has 0 spiro atoms. The van der Waals surface area contributed by atoms with E-state index in [0.29, 0.717) is 12.6 Å². The number of carbonyl (C=O) groups is 1. The van der Waals surface area contributed by atoms with E-state index in [2.05, 4.69) is 4.90 Å². The predicted molar refractivity (Wildman–Crippen MR) is 59.2 cm³/mol. The molecule has 2 fully saturated rings. The Labute approximate surface area is 95.9 Å². The summed E-state index contributed by atoms with van der Waals surface area (Å²) in [6.45, 7) is 4.98. The van der Waals surface area contributed by atoms with Gasteiger partial charge in [-0.25, -0.2) is 4.79 Å². The molecule has 0 aromatic rings. The summed E-state index contributed by atoms with van der Waals surface area (Å²) in [6.07, 6.45) is 0.901. The molecule has 2 heterocycles. The first-order valence-corrected chi connectivity index (χ1v) is 5.15. The standard InChI is InChI=1S/C9H17N3O2.ClH/c10-8-1-2-11(7-8)3-4-12-5-6-14-9(12)13;/h8H,1-7,10H2;1H. The van der Waals surface area contributed by atoms with Gasteiger partial charge in [-0.1, -0.05) is 0 Å². The van der Waals surface area contributed by atoms with Gasteiger partial charge in [-0.15, -0.1) is 12.4 Å². The van der Waals surface area contributed by atoms with E-state index >= 15 is 0 Å². The molecule has 5 nitrogen and oxygen atoms in total. The lowest BCUT2D eigenvalue weighted by molar-refractivity contribution is 0.155. The van der Waals surface area contributed by atoms with Crippen LogP contribution in [-0.2, 0) is 4.74 Å². The van der Waals surface area contributed by atoms with Gasteiger partial charge < -0.3 is 15.4 Å². The average Bonchev–Trinajstić information content (AvgIpc) is 2.72. The highest BCUT2D eigenvalue weighted by atomic mass is 35.5. The van der Waals surface area contributed by atoms with Gasteiger partial charge in [0.05, 0.1) is 6.54 Å². The van der Waals surface area contributed by atoms with E-state index in [0.717, 1.165) is 39.1 Å². The summed E-state index contributed by atoms with van der Waals surface area (Å²) in [5.41, 5.74) is 5.79. The number of ether oxygens (including phenoxy) is 1. The number of hydrogen-bond donors (Lipinski definition) is 1. The van der Waals surface area contributed by atoms with Crippen LogP contribution in [0.4, 0.5) is 4.79 Å². The van der Waals surface area contributed by atoms with Crippen LogP contribution in [0.15, 0.2) is 0 Å². The van der Waals surface area contributed by atoms with Gasteiger partial charge in [-0.2, -0.15) is 0 Å². The molecule has 1 unspecified atom stereocenters. The first-order chi connectivity index (χ1) is 6.75. The number of carbonyl (C=O) groups excluding carboxylic acids is 1. The molecule has 88 valence electrons. The number of hydrogen-bond acceptors (Lipinski definition) is 4. The molecule has 0 bridgehead atoms. The number of amides is 1. The summed E-state index contributed by atoms with van der Waals surface area (Å²) in [4.78, 5) is 15.2. The zero-order valence-corrected chi connectivity index (χ0v) is 9.54. The average molecular weight is 236 g/mol. The maximum atomic E-state index is 11.1. The van der Waals surface area contributed by atoms with Crippen molar-refractivity contribution < 1.29 is 9.53 Å². The van der Waals surface area contributed by atoms with E-state index in [1.54, 1.807) is 4.90 Å². The lowest BCUT2D eigenvalue weighted by Crippen LogP contribution is -2.35. The molecule has 6 heteroatoms.